The van der Waals surface area contributed by atoms with E-state index in [1.54, 1.807) is 13.8 Å². The van der Waals surface area contributed by atoms with E-state index in [1.165, 1.54) is 0 Å². The van der Waals surface area contributed by atoms with E-state index in [0.717, 1.165) is 6.42 Å². The second-order valence-electron chi connectivity index (χ2n) is 3.14. The molecule has 0 aliphatic carbocycles. The first kappa shape index (κ1) is 12.7. The fourth-order valence-corrected chi connectivity index (χ4v) is 0.706. The van der Waals surface area contributed by atoms with Crippen molar-refractivity contribution in [2.24, 2.45) is 0 Å². The van der Waals surface area contributed by atoms with Crippen LogP contribution in [0.5, 0.6) is 0 Å². The van der Waals surface area contributed by atoms with Gasteiger partial charge in [-0.25, -0.2) is 4.79 Å². The maximum absolute atomic E-state index is 11.2. The number of carbonyl (C=O) groups excluding carboxylic acids is 2. The van der Waals surface area contributed by atoms with Crippen LogP contribution in [-0.4, -0.2) is 24.5 Å². The topological polar surface area (TPSA) is 55.4 Å². The SMILES string of the molecule is C=C(C)C(=O)N[C@H](C)C(=O)OCCC. The van der Waals surface area contributed by atoms with Crippen molar-refractivity contribution in [1.29, 1.82) is 0 Å². The molecule has 0 aliphatic rings. The fraction of sp³-hybridized carbons (Fsp3) is 0.600. The molecule has 0 aromatic carbocycles. The fourth-order valence-electron chi connectivity index (χ4n) is 0.706. The molecule has 14 heavy (non-hydrogen) atoms. The Morgan fingerprint density at radius 2 is 2.07 bits per heavy atom. The lowest BCUT2D eigenvalue weighted by molar-refractivity contribution is -0.147. The third-order valence-corrected chi connectivity index (χ3v) is 1.54. The molecule has 0 unspecified atom stereocenters. The van der Waals surface area contributed by atoms with Crippen LogP contribution in [0.15, 0.2) is 12.2 Å². The van der Waals surface area contributed by atoms with Crippen LogP contribution in [0.25, 0.3) is 0 Å². The van der Waals surface area contributed by atoms with Gasteiger partial charge in [-0.05, 0) is 20.3 Å². The van der Waals surface area contributed by atoms with Crippen LogP contribution in [0.2, 0.25) is 0 Å². The molecule has 1 atom stereocenters. The van der Waals surface area contributed by atoms with E-state index in [1.807, 2.05) is 6.92 Å². The van der Waals surface area contributed by atoms with Crippen molar-refractivity contribution in [2.45, 2.75) is 33.2 Å². The summed E-state index contributed by atoms with van der Waals surface area (Å²) >= 11 is 0. The molecule has 0 rings (SSSR count). The van der Waals surface area contributed by atoms with E-state index in [0.29, 0.717) is 12.2 Å². The largest absolute Gasteiger partial charge is 0.464 e. The van der Waals surface area contributed by atoms with Crippen molar-refractivity contribution >= 4 is 11.9 Å². The van der Waals surface area contributed by atoms with Crippen LogP contribution < -0.4 is 5.32 Å². The lowest BCUT2D eigenvalue weighted by Gasteiger charge is -2.12. The Bertz CT molecular complexity index is 236. The molecule has 0 heterocycles. The highest BCUT2D eigenvalue weighted by Gasteiger charge is 2.16. The predicted molar refractivity (Wildman–Crippen MR) is 53.7 cm³/mol. The van der Waals surface area contributed by atoms with E-state index in [4.69, 9.17) is 4.74 Å². The Kier molecular flexibility index (Phi) is 5.60. The van der Waals surface area contributed by atoms with Crippen molar-refractivity contribution in [3.05, 3.63) is 12.2 Å². The van der Waals surface area contributed by atoms with Gasteiger partial charge in [-0.1, -0.05) is 13.5 Å². The summed E-state index contributed by atoms with van der Waals surface area (Å²) in [5, 5.41) is 2.47. The van der Waals surface area contributed by atoms with Crippen LogP contribution in [0, 0.1) is 0 Å². The summed E-state index contributed by atoms with van der Waals surface area (Å²) in [4.78, 5) is 22.3. The molecule has 0 fully saturated rings. The first-order valence-corrected chi connectivity index (χ1v) is 4.62. The molecule has 0 radical (unpaired) electrons. The monoisotopic (exact) mass is 199 g/mol. The minimum atomic E-state index is -0.620. The van der Waals surface area contributed by atoms with Gasteiger partial charge in [0, 0.05) is 5.57 Å². The van der Waals surface area contributed by atoms with Crippen molar-refractivity contribution < 1.29 is 14.3 Å². The highest BCUT2D eigenvalue weighted by atomic mass is 16.5. The smallest absolute Gasteiger partial charge is 0.328 e. The first-order valence-electron chi connectivity index (χ1n) is 4.62. The molecule has 0 spiro atoms. The molecule has 1 N–H and O–H groups in total. The van der Waals surface area contributed by atoms with Crippen molar-refractivity contribution in [3.8, 4) is 0 Å². The molecular formula is C10H17NO3. The molecule has 4 nitrogen and oxygen atoms in total. The van der Waals surface area contributed by atoms with E-state index >= 15 is 0 Å². The van der Waals surface area contributed by atoms with Gasteiger partial charge in [-0.3, -0.25) is 4.79 Å². The quantitative estimate of drug-likeness (QED) is 0.531. The van der Waals surface area contributed by atoms with Crippen molar-refractivity contribution in [2.75, 3.05) is 6.61 Å². The second-order valence-corrected chi connectivity index (χ2v) is 3.14. The van der Waals surface area contributed by atoms with Gasteiger partial charge in [0.05, 0.1) is 6.61 Å². The molecule has 0 aromatic rings. The van der Waals surface area contributed by atoms with Crippen molar-refractivity contribution in [1.82, 2.24) is 5.32 Å². The summed E-state index contributed by atoms with van der Waals surface area (Å²) < 4.78 is 4.85. The molecule has 4 heteroatoms. The van der Waals surface area contributed by atoms with Crippen LogP contribution in [0.1, 0.15) is 27.2 Å². The van der Waals surface area contributed by atoms with Gasteiger partial charge in [0.1, 0.15) is 6.04 Å². The number of rotatable bonds is 5. The average Bonchev–Trinajstić information content (AvgIpc) is 2.13. The zero-order valence-electron chi connectivity index (χ0n) is 8.92. The molecular weight excluding hydrogens is 182 g/mol. The zero-order valence-corrected chi connectivity index (χ0v) is 8.92. The third kappa shape index (κ3) is 4.64. The van der Waals surface area contributed by atoms with Crippen LogP contribution in [0.4, 0.5) is 0 Å². The van der Waals surface area contributed by atoms with Gasteiger partial charge in [0.2, 0.25) is 5.91 Å². The Morgan fingerprint density at radius 3 is 2.50 bits per heavy atom. The maximum Gasteiger partial charge on any atom is 0.328 e. The normalized spacial score (nSPS) is 11.6. The van der Waals surface area contributed by atoms with E-state index < -0.39 is 12.0 Å². The summed E-state index contributed by atoms with van der Waals surface area (Å²) in [5.41, 5.74) is 0.375. The van der Waals surface area contributed by atoms with Gasteiger partial charge in [-0.2, -0.15) is 0 Å². The Labute approximate surface area is 84.3 Å². The number of carbonyl (C=O) groups is 2. The van der Waals surface area contributed by atoms with Gasteiger partial charge < -0.3 is 10.1 Å². The summed E-state index contributed by atoms with van der Waals surface area (Å²) in [6, 6.07) is -0.620. The van der Waals surface area contributed by atoms with Crippen LogP contribution in [0.3, 0.4) is 0 Å². The van der Waals surface area contributed by atoms with E-state index in [2.05, 4.69) is 11.9 Å². The number of hydrogen-bond donors (Lipinski definition) is 1. The Hall–Kier alpha value is -1.32. The van der Waals surface area contributed by atoms with Gasteiger partial charge in [0.25, 0.3) is 0 Å². The second kappa shape index (κ2) is 6.18. The highest BCUT2D eigenvalue weighted by molar-refractivity contribution is 5.94. The van der Waals surface area contributed by atoms with Crippen molar-refractivity contribution in [3.63, 3.8) is 0 Å². The van der Waals surface area contributed by atoms with Crippen LogP contribution in [-0.2, 0) is 14.3 Å². The predicted octanol–water partition coefficient (Wildman–Crippen LogP) is 1.02. The summed E-state index contributed by atoms with van der Waals surface area (Å²) in [5.74, 6) is -0.743. The summed E-state index contributed by atoms with van der Waals surface area (Å²) in [7, 11) is 0. The van der Waals surface area contributed by atoms with Crippen LogP contribution >= 0.6 is 0 Å². The van der Waals surface area contributed by atoms with E-state index in [-0.39, 0.29) is 5.91 Å². The number of ether oxygens (including phenoxy) is 1. The maximum atomic E-state index is 11.2. The lowest BCUT2D eigenvalue weighted by Crippen LogP contribution is -2.39. The molecule has 0 aromatic heterocycles. The Morgan fingerprint density at radius 1 is 1.50 bits per heavy atom. The lowest BCUT2D eigenvalue weighted by atomic mass is 10.3. The molecule has 0 bridgehead atoms. The number of nitrogens with one attached hydrogen (secondary N) is 1. The number of esters is 1. The average molecular weight is 199 g/mol. The standard InChI is InChI=1S/C10H17NO3/c1-5-6-14-10(13)8(4)11-9(12)7(2)3/h8H,2,5-6H2,1,3-4H3,(H,11,12)/t8-/m1/s1. The molecule has 0 saturated carbocycles. The number of hydrogen-bond acceptors (Lipinski definition) is 3. The Balaban J connectivity index is 3.95. The van der Waals surface area contributed by atoms with Gasteiger partial charge in [-0.15, -0.1) is 0 Å². The van der Waals surface area contributed by atoms with Gasteiger partial charge >= 0.3 is 5.97 Å². The minimum Gasteiger partial charge on any atom is -0.464 e. The third-order valence-electron chi connectivity index (χ3n) is 1.54. The molecule has 80 valence electrons. The molecule has 0 saturated heterocycles. The molecule has 1 amide bonds. The highest BCUT2D eigenvalue weighted by Crippen LogP contribution is 1.93. The summed E-state index contributed by atoms with van der Waals surface area (Å²) in [6.45, 7) is 8.92. The number of amides is 1. The summed E-state index contributed by atoms with van der Waals surface area (Å²) in [6.07, 6.45) is 0.771. The molecule has 0 aliphatic heterocycles. The van der Waals surface area contributed by atoms with Gasteiger partial charge in [0.15, 0.2) is 0 Å². The first-order chi connectivity index (χ1) is 6.49. The minimum absolute atomic E-state index is 0.328. The van der Waals surface area contributed by atoms with E-state index in [9.17, 15) is 9.59 Å². The zero-order chi connectivity index (χ0) is 11.1.